The second kappa shape index (κ2) is 12.2. The number of rotatable bonds is 8. The molecule has 0 radical (unpaired) electrons. The molecule has 3 aromatic carbocycles. The number of nitrogens with zero attached hydrogens (tertiary/aromatic N) is 4. The number of carbonyl (C=O) groups is 1. The smallest absolute Gasteiger partial charge is 0.337 e. The minimum Gasteiger partial charge on any atom is -0.508 e. The average molecular weight is 639 g/mol. The van der Waals surface area contributed by atoms with Crippen LogP contribution in [-0.2, 0) is 9.53 Å². The van der Waals surface area contributed by atoms with Crippen LogP contribution < -0.4 is 9.64 Å². The van der Waals surface area contributed by atoms with Gasteiger partial charge in [0.2, 0.25) is 0 Å². The molecule has 1 aliphatic rings. The Morgan fingerprint density at radius 1 is 1.11 bits per heavy atom. The molecule has 2 N–H and O–H groups in total. The summed E-state index contributed by atoms with van der Waals surface area (Å²) in [6.07, 6.45) is 0.446. The van der Waals surface area contributed by atoms with Crippen molar-refractivity contribution in [1.82, 2.24) is 14.6 Å². The number of fused-ring (bicyclic) bond motifs is 2. The van der Waals surface area contributed by atoms with Crippen LogP contribution in [0.4, 0.5) is 5.69 Å². The van der Waals surface area contributed by atoms with Crippen molar-refractivity contribution in [1.29, 1.82) is 0 Å². The Balaban J connectivity index is 1.62. The summed E-state index contributed by atoms with van der Waals surface area (Å²) in [6, 6.07) is 20.4. The van der Waals surface area contributed by atoms with Crippen LogP contribution in [0.3, 0.4) is 0 Å². The van der Waals surface area contributed by atoms with E-state index in [2.05, 4.69) is 11.5 Å². The van der Waals surface area contributed by atoms with Crippen LogP contribution in [0.5, 0.6) is 11.5 Å². The van der Waals surface area contributed by atoms with E-state index in [1.807, 2.05) is 69.3 Å². The number of aryl methyl sites for hydroxylation is 1. The van der Waals surface area contributed by atoms with Gasteiger partial charge >= 0.3 is 5.97 Å². The van der Waals surface area contributed by atoms with Crippen molar-refractivity contribution < 1.29 is 24.5 Å². The van der Waals surface area contributed by atoms with Crippen molar-refractivity contribution in [3.05, 3.63) is 95.7 Å². The number of aliphatic carboxylic acids is 1. The molecule has 236 valence electrons. The number of benzene rings is 3. The van der Waals surface area contributed by atoms with Crippen molar-refractivity contribution >= 4 is 28.9 Å². The molecule has 46 heavy (non-hydrogen) atoms. The highest BCUT2D eigenvalue weighted by Gasteiger charge is 2.35. The minimum absolute atomic E-state index is 0.178. The largest absolute Gasteiger partial charge is 0.508 e. The van der Waals surface area contributed by atoms with E-state index in [1.165, 1.54) is 0 Å². The summed E-state index contributed by atoms with van der Waals surface area (Å²) in [5, 5.41) is 25.9. The van der Waals surface area contributed by atoms with E-state index in [1.54, 1.807) is 35.7 Å². The molecule has 10 heteroatoms. The van der Waals surface area contributed by atoms with Crippen LogP contribution in [0.15, 0.2) is 79.4 Å². The molecular formula is C36H35ClN4O5. The van der Waals surface area contributed by atoms with Crippen LogP contribution in [0.2, 0.25) is 5.02 Å². The molecule has 1 aliphatic heterocycles. The van der Waals surface area contributed by atoms with Gasteiger partial charge < -0.3 is 24.6 Å². The van der Waals surface area contributed by atoms with Gasteiger partial charge in [0, 0.05) is 35.0 Å². The molecule has 0 saturated carbocycles. The maximum Gasteiger partial charge on any atom is 0.337 e. The number of anilines is 1. The van der Waals surface area contributed by atoms with Crippen molar-refractivity contribution in [2.24, 2.45) is 0 Å². The quantitative estimate of drug-likeness (QED) is 0.166. The van der Waals surface area contributed by atoms with Gasteiger partial charge in [0.1, 0.15) is 18.1 Å². The number of phenols is 1. The van der Waals surface area contributed by atoms with Crippen LogP contribution >= 0.6 is 11.6 Å². The number of carboxylic acids is 1. The molecule has 9 nitrogen and oxygen atoms in total. The SMILES string of the molecule is C=CCN1CCOc2ccc(-c3c(C(OC(C)(C)C)C(=O)O)c(C)nc4cc(-c5cccc(-c6cccc(O)c6)c5)nn34)c(Cl)c21. The van der Waals surface area contributed by atoms with Gasteiger partial charge in [0.15, 0.2) is 11.8 Å². The van der Waals surface area contributed by atoms with Crippen LogP contribution in [-0.4, -0.2) is 56.1 Å². The summed E-state index contributed by atoms with van der Waals surface area (Å²) in [6.45, 7) is 12.8. The zero-order valence-corrected chi connectivity index (χ0v) is 26.9. The Morgan fingerprint density at radius 2 is 1.83 bits per heavy atom. The Hall–Kier alpha value is -4.86. The first-order chi connectivity index (χ1) is 21.9. The van der Waals surface area contributed by atoms with Crippen molar-refractivity contribution in [3.63, 3.8) is 0 Å². The minimum atomic E-state index is -1.36. The van der Waals surface area contributed by atoms with Crippen molar-refractivity contribution in [2.75, 3.05) is 24.6 Å². The number of carboxylic acid groups (broad SMARTS) is 1. The molecule has 0 fully saturated rings. The summed E-state index contributed by atoms with van der Waals surface area (Å²) in [7, 11) is 0. The van der Waals surface area contributed by atoms with Crippen LogP contribution in [0.25, 0.3) is 39.3 Å². The predicted octanol–water partition coefficient (Wildman–Crippen LogP) is 7.72. The van der Waals surface area contributed by atoms with Gasteiger partial charge in [-0.3, -0.25) is 0 Å². The Kier molecular flexibility index (Phi) is 8.22. The number of halogens is 1. The van der Waals surface area contributed by atoms with E-state index in [0.717, 1.165) is 16.7 Å². The molecule has 2 aromatic heterocycles. The van der Waals surface area contributed by atoms with Crippen molar-refractivity contribution in [2.45, 2.75) is 39.4 Å². The number of phenolic OH excluding ortho intramolecular Hbond substituents is 1. The van der Waals surface area contributed by atoms with Crippen LogP contribution in [0.1, 0.15) is 38.1 Å². The van der Waals surface area contributed by atoms with Crippen LogP contribution in [0, 0.1) is 6.92 Å². The molecule has 0 amide bonds. The van der Waals surface area contributed by atoms with Gasteiger partial charge in [-0.25, -0.2) is 14.3 Å². The molecule has 1 unspecified atom stereocenters. The maximum absolute atomic E-state index is 12.9. The van der Waals surface area contributed by atoms with E-state index >= 15 is 0 Å². The zero-order valence-electron chi connectivity index (χ0n) is 26.1. The monoisotopic (exact) mass is 638 g/mol. The normalized spacial score (nSPS) is 13.7. The van der Waals surface area contributed by atoms with Gasteiger partial charge in [-0.2, -0.15) is 5.10 Å². The maximum atomic E-state index is 12.9. The van der Waals surface area contributed by atoms with Crippen molar-refractivity contribution in [3.8, 4) is 45.1 Å². The third kappa shape index (κ3) is 5.91. The Bertz CT molecular complexity index is 1980. The van der Waals surface area contributed by atoms with E-state index in [9.17, 15) is 15.0 Å². The fourth-order valence-electron chi connectivity index (χ4n) is 5.83. The number of aromatic hydroxyl groups is 1. The molecular weight excluding hydrogens is 604 g/mol. The highest BCUT2D eigenvalue weighted by Crippen LogP contribution is 2.46. The lowest BCUT2D eigenvalue weighted by atomic mass is 9.97. The fourth-order valence-corrected chi connectivity index (χ4v) is 6.20. The number of hydrogen-bond acceptors (Lipinski definition) is 7. The molecule has 3 heterocycles. The molecule has 0 bridgehead atoms. The zero-order chi connectivity index (χ0) is 32.7. The number of hydrogen-bond donors (Lipinski definition) is 2. The third-order valence-electron chi connectivity index (χ3n) is 7.74. The number of ether oxygens (including phenoxy) is 2. The lowest BCUT2D eigenvalue weighted by Crippen LogP contribution is -2.33. The van der Waals surface area contributed by atoms with Gasteiger partial charge in [-0.15, -0.1) is 6.58 Å². The lowest BCUT2D eigenvalue weighted by molar-refractivity contribution is -0.160. The Morgan fingerprint density at radius 3 is 2.52 bits per heavy atom. The Labute approximate surface area is 272 Å². The molecule has 5 aromatic rings. The highest BCUT2D eigenvalue weighted by molar-refractivity contribution is 6.36. The third-order valence-corrected chi connectivity index (χ3v) is 8.13. The molecule has 0 aliphatic carbocycles. The number of aromatic nitrogens is 3. The summed E-state index contributed by atoms with van der Waals surface area (Å²) < 4.78 is 13.8. The first-order valence-corrected chi connectivity index (χ1v) is 15.3. The van der Waals surface area contributed by atoms with E-state index in [-0.39, 0.29) is 5.75 Å². The summed E-state index contributed by atoms with van der Waals surface area (Å²) >= 11 is 7.23. The van der Waals surface area contributed by atoms with Gasteiger partial charge in [0.25, 0.3) is 0 Å². The second-order valence-corrected chi connectivity index (χ2v) is 12.6. The molecule has 1 atom stereocenters. The van der Waals surface area contributed by atoms with E-state index in [0.29, 0.717) is 70.0 Å². The first-order valence-electron chi connectivity index (χ1n) is 15.0. The fraction of sp³-hybridized carbons (Fsp3) is 0.250. The first kappa shape index (κ1) is 31.1. The predicted molar refractivity (Wildman–Crippen MR) is 180 cm³/mol. The van der Waals surface area contributed by atoms with E-state index in [4.69, 9.17) is 31.2 Å². The van der Waals surface area contributed by atoms with Gasteiger partial charge in [-0.05, 0) is 69.2 Å². The standard InChI is InChI=1S/C36H35ClN4O5/c1-6-15-40-16-17-45-28-14-13-26(31(37)33(28)40)32-30(34(35(43)44)46-36(3,4)5)21(2)38-29-20-27(39-41(29)32)24-11-7-9-22(18-24)23-10-8-12-25(42)19-23/h6-14,18-20,34,42H,1,15-17H2,2-5H3,(H,43,44). The van der Waals surface area contributed by atoms with Gasteiger partial charge in [0.05, 0.1) is 34.2 Å². The van der Waals surface area contributed by atoms with Gasteiger partial charge in [-0.1, -0.05) is 48.0 Å². The summed E-state index contributed by atoms with van der Waals surface area (Å²) in [5.74, 6) is -0.342. The molecule has 0 saturated heterocycles. The summed E-state index contributed by atoms with van der Waals surface area (Å²) in [4.78, 5) is 19.8. The second-order valence-electron chi connectivity index (χ2n) is 12.2. The average Bonchev–Trinajstić information content (AvgIpc) is 3.43. The lowest BCUT2D eigenvalue weighted by Gasteiger charge is -2.32. The molecule has 0 spiro atoms. The summed E-state index contributed by atoms with van der Waals surface area (Å²) in [5.41, 5.74) is 5.51. The van der Waals surface area contributed by atoms with E-state index < -0.39 is 17.7 Å². The topological polar surface area (TPSA) is 109 Å². The highest BCUT2D eigenvalue weighted by atomic mass is 35.5. The molecule has 6 rings (SSSR count).